The lowest BCUT2D eigenvalue weighted by atomic mass is 9.93. The van der Waals surface area contributed by atoms with Crippen LogP contribution in [-0.4, -0.2) is 24.5 Å². The Balaban J connectivity index is 1.91. The SMILES string of the molecule is CC1(C)CCN(CCC(N)c2cccc(F)c2F)C1. The molecule has 19 heavy (non-hydrogen) atoms. The van der Waals surface area contributed by atoms with E-state index in [0.717, 1.165) is 25.7 Å². The van der Waals surface area contributed by atoms with Crippen molar-refractivity contribution in [3.8, 4) is 0 Å². The van der Waals surface area contributed by atoms with Gasteiger partial charge in [0, 0.05) is 18.2 Å². The van der Waals surface area contributed by atoms with E-state index in [9.17, 15) is 8.78 Å². The normalized spacial score (nSPS) is 20.7. The molecule has 0 radical (unpaired) electrons. The first-order valence-corrected chi connectivity index (χ1v) is 6.81. The van der Waals surface area contributed by atoms with E-state index in [1.165, 1.54) is 12.5 Å². The third kappa shape index (κ3) is 3.51. The van der Waals surface area contributed by atoms with Gasteiger partial charge in [0.25, 0.3) is 0 Å². The number of hydrogen-bond acceptors (Lipinski definition) is 2. The Hall–Kier alpha value is -1.00. The van der Waals surface area contributed by atoms with E-state index in [1.807, 2.05) is 0 Å². The average molecular weight is 268 g/mol. The van der Waals surface area contributed by atoms with Gasteiger partial charge < -0.3 is 10.6 Å². The van der Waals surface area contributed by atoms with Gasteiger partial charge in [-0.15, -0.1) is 0 Å². The smallest absolute Gasteiger partial charge is 0.163 e. The van der Waals surface area contributed by atoms with Gasteiger partial charge in [0.15, 0.2) is 11.6 Å². The van der Waals surface area contributed by atoms with Gasteiger partial charge in [0.2, 0.25) is 0 Å². The molecule has 0 aromatic heterocycles. The molecular formula is C15H22F2N2. The van der Waals surface area contributed by atoms with Crippen LogP contribution in [0.3, 0.4) is 0 Å². The number of nitrogens with two attached hydrogens (primary N) is 1. The zero-order valence-corrected chi connectivity index (χ0v) is 11.6. The highest BCUT2D eigenvalue weighted by atomic mass is 19.2. The third-order valence-electron chi connectivity index (χ3n) is 3.89. The predicted octanol–water partition coefficient (Wildman–Crippen LogP) is 3.09. The highest BCUT2D eigenvalue weighted by Gasteiger charge is 2.29. The van der Waals surface area contributed by atoms with Crippen molar-refractivity contribution in [3.05, 3.63) is 35.4 Å². The highest BCUT2D eigenvalue weighted by molar-refractivity contribution is 5.22. The molecule has 0 saturated carbocycles. The fourth-order valence-corrected chi connectivity index (χ4v) is 2.70. The van der Waals surface area contributed by atoms with Crippen LogP contribution in [0.2, 0.25) is 0 Å². The first-order chi connectivity index (χ1) is 8.89. The maximum atomic E-state index is 13.6. The van der Waals surface area contributed by atoms with Crippen LogP contribution in [0.5, 0.6) is 0 Å². The summed E-state index contributed by atoms with van der Waals surface area (Å²) >= 11 is 0. The molecule has 1 unspecified atom stereocenters. The third-order valence-corrected chi connectivity index (χ3v) is 3.89. The average Bonchev–Trinajstić information content (AvgIpc) is 2.69. The van der Waals surface area contributed by atoms with Gasteiger partial charge in [0.05, 0.1) is 0 Å². The van der Waals surface area contributed by atoms with E-state index in [4.69, 9.17) is 5.73 Å². The van der Waals surface area contributed by atoms with Crippen molar-refractivity contribution in [2.75, 3.05) is 19.6 Å². The van der Waals surface area contributed by atoms with Crippen molar-refractivity contribution in [2.45, 2.75) is 32.7 Å². The molecule has 106 valence electrons. The summed E-state index contributed by atoms with van der Waals surface area (Å²) in [5, 5.41) is 0. The number of likely N-dealkylation sites (tertiary alicyclic amines) is 1. The second-order valence-corrected chi connectivity index (χ2v) is 6.23. The predicted molar refractivity (Wildman–Crippen MR) is 72.7 cm³/mol. The van der Waals surface area contributed by atoms with Crippen LogP contribution < -0.4 is 5.73 Å². The van der Waals surface area contributed by atoms with Gasteiger partial charge in [-0.2, -0.15) is 0 Å². The summed E-state index contributed by atoms with van der Waals surface area (Å²) in [5.41, 5.74) is 6.61. The topological polar surface area (TPSA) is 29.3 Å². The molecule has 4 heteroatoms. The first kappa shape index (κ1) is 14.4. The van der Waals surface area contributed by atoms with Gasteiger partial charge in [-0.1, -0.05) is 26.0 Å². The Morgan fingerprint density at radius 3 is 2.74 bits per heavy atom. The maximum absolute atomic E-state index is 13.6. The van der Waals surface area contributed by atoms with E-state index >= 15 is 0 Å². The summed E-state index contributed by atoms with van der Waals surface area (Å²) in [6, 6.07) is 3.75. The molecule has 1 saturated heterocycles. The molecule has 0 aliphatic carbocycles. The van der Waals surface area contributed by atoms with Gasteiger partial charge >= 0.3 is 0 Å². The molecular weight excluding hydrogens is 246 g/mol. The Morgan fingerprint density at radius 1 is 1.37 bits per heavy atom. The monoisotopic (exact) mass is 268 g/mol. The molecule has 2 nitrogen and oxygen atoms in total. The van der Waals surface area contributed by atoms with Crippen LogP contribution in [-0.2, 0) is 0 Å². The Morgan fingerprint density at radius 2 is 2.11 bits per heavy atom. The molecule has 1 aliphatic heterocycles. The molecule has 0 amide bonds. The van der Waals surface area contributed by atoms with E-state index in [0.29, 0.717) is 11.8 Å². The lowest BCUT2D eigenvalue weighted by Crippen LogP contribution is -2.27. The molecule has 1 aromatic carbocycles. The second kappa shape index (κ2) is 5.55. The van der Waals surface area contributed by atoms with Gasteiger partial charge in [0.1, 0.15) is 0 Å². The van der Waals surface area contributed by atoms with Crippen molar-refractivity contribution in [1.29, 1.82) is 0 Å². The van der Waals surface area contributed by atoms with Gasteiger partial charge in [-0.3, -0.25) is 0 Å². The Labute approximate surface area is 113 Å². The molecule has 0 spiro atoms. The van der Waals surface area contributed by atoms with Crippen LogP contribution in [0.15, 0.2) is 18.2 Å². The van der Waals surface area contributed by atoms with Gasteiger partial charge in [-0.05, 0) is 37.4 Å². The quantitative estimate of drug-likeness (QED) is 0.909. The zero-order valence-electron chi connectivity index (χ0n) is 11.6. The number of nitrogens with zero attached hydrogens (tertiary/aromatic N) is 1. The lowest BCUT2D eigenvalue weighted by Gasteiger charge is -2.21. The largest absolute Gasteiger partial charge is 0.324 e. The van der Waals surface area contributed by atoms with E-state index in [1.54, 1.807) is 6.07 Å². The minimum Gasteiger partial charge on any atom is -0.324 e. The zero-order chi connectivity index (χ0) is 14.0. The molecule has 1 heterocycles. The minimum atomic E-state index is -0.824. The lowest BCUT2D eigenvalue weighted by molar-refractivity contribution is 0.280. The van der Waals surface area contributed by atoms with Crippen LogP contribution in [0.4, 0.5) is 8.78 Å². The van der Waals surface area contributed by atoms with Crippen molar-refractivity contribution >= 4 is 0 Å². The summed E-state index contributed by atoms with van der Waals surface area (Å²) in [6.07, 6.45) is 1.83. The number of benzene rings is 1. The maximum Gasteiger partial charge on any atom is 0.163 e. The standard InChI is InChI=1S/C15H22F2N2/c1-15(2)7-9-19(10-15)8-6-13(18)11-4-3-5-12(16)14(11)17/h3-5,13H,6-10,18H2,1-2H3. The van der Waals surface area contributed by atoms with E-state index in [2.05, 4.69) is 18.7 Å². The van der Waals surface area contributed by atoms with Gasteiger partial charge in [-0.25, -0.2) is 8.78 Å². The number of rotatable bonds is 4. The molecule has 2 rings (SSSR count). The minimum absolute atomic E-state index is 0.276. The summed E-state index contributed by atoms with van der Waals surface area (Å²) in [7, 11) is 0. The van der Waals surface area contributed by atoms with Crippen LogP contribution >= 0.6 is 0 Å². The van der Waals surface area contributed by atoms with Crippen molar-refractivity contribution in [3.63, 3.8) is 0 Å². The number of hydrogen-bond donors (Lipinski definition) is 1. The van der Waals surface area contributed by atoms with Crippen LogP contribution in [0.1, 0.15) is 38.3 Å². The molecule has 1 fully saturated rings. The van der Waals surface area contributed by atoms with Crippen molar-refractivity contribution in [2.24, 2.45) is 11.1 Å². The fourth-order valence-electron chi connectivity index (χ4n) is 2.70. The molecule has 1 aromatic rings. The summed E-state index contributed by atoms with van der Waals surface area (Å²) < 4.78 is 26.7. The Kier molecular flexibility index (Phi) is 4.21. The van der Waals surface area contributed by atoms with Crippen LogP contribution in [0.25, 0.3) is 0 Å². The molecule has 0 bridgehead atoms. The van der Waals surface area contributed by atoms with Crippen molar-refractivity contribution in [1.82, 2.24) is 4.90 Å². The van der Waals surface area contributed by atoms with E-state index in [-0.39, 0.29) is 5.56 Å². The highest BCUT2D eigenvalue weighted by Crippen LogP contribution is 2.29. The van der Waals surface area contributed by atoms with E-state index < -0.39 is 17.7 Å². The summed E-state index contributed by atoms with van der Waals surface area (Å²) in [6.45, 7) is 7.44. The number of halogens is 2. The Bertz CT molecular complexity index is 446. The molecule has 1 aliphatic rings. The summed E-state index contributed by atoms with van der Waals surface area (Å²) in [4.78, 5) is 2.34. The first-order valence-electron chi connectivity index (χ1n) is 6.81. The fraction of sp³-hybridized carbons (Fsp3) is 0.600. The van der Waals surface area contributed by atoms with Crippen molar-refractivity contribution < 1.29 is 8.78 Å². The molecule has 2 N–H and O–H groups in total. The second-order valence-electron chi connectivity index (χ2n) is 6.23. The van der Waals surface area contributed by atoms with Crippen LogP contribution in [0, 0.1) is 17.0 Å². The molecule has 1 atom stereocenters. The summed E-state index contributed by atoms with van der Waals surface area (Å²) in [5.74, 6) is -1.63.